The number of hydrogen-bond acceptors (Lipinski definition) is 12. The van der Waals surface area contributed by atoms with Gasteiger partial charge in [-0.05, 0) is 118 Å². The van der Waals surface area contributed by atoms with Gasteiger partial charge in [0, 0.05) is 133 Å². The molecule has 0 aliphatic carbocycles. The molecule has 2 aromatic heterocycles. The molecule has 25 rings (SSSR count). The molecule has 537 valence electrons. The van der Waals surface area contributed by atoms with Crippen LogP contribution in [0.3, 0.4) is 0 Å². The van der Waals surface area contributed by atoms with Crippen molar-refractivity contribution in [3.8, 4) is 17.1 Å². The zero-order valence-corrected chi connectivity index (χ0v) is 64.1. The predicted octanol–water partition coefficient (Wildman–Crippen LogP) is 19.4. The van der Waals surface area contributed by atoms with Gasteiger partial charge in [0.25, 0.3) is 5.82 Å². The van der Waals surface area contributed by atoms with E-state index in [4.69, 9.17) is 4.99 Å². The predicted molar refractivity (Wildman–Crippen MR) is 427 cm³/mol. The van der Waals surface area contributed by atoms with Crippen LogP contribution in [-0.2, 0) is 52.8 Å². The Morgan fingerprint density at radius 3 is 1.94 bits per heavy atom. The summed E-state index contributed by atoms with van der Waals surface area (Å²) < 4.78 is 4.78. The average molecular weight is 1590 g/mol. The Bertz CT molecular complexity index is 5460. The van der Waals surface area contributed by atoms with Crippen molar-refractivity contribution in [2.24, 2.45) is 15.5 Å². The summed E-state index contributed by atoms with van der Waals surface area (Å²) in [6, 6.07) is 66.1. The number of aliphatic imine (C=N–C) groups is 1. The second-order valence-corrected chi connectivity index (χ2v) is 31.2. The molecule has 5 unspecified atom stereocenters. The molecule has 15 aliphatic heterocycles. The fourth-order valence-corrected chi connectivity index (χ4v) is 18.3. The first-order chi connectivity index (χ1) is 52.4. The van der Waals surface area contributed by atoms with Gasteiger partial charge in [0.15, 0.2) is 0 Å². The maximum absolute atomic E-state index is 4.91. The number of rotatable bonds is 4. The molecule has 15 aliphatic rings. The van der Waals surface area contributed by atoms with Gasteiger partial charge in [-0.25, -0.2) is 9.56 Å². The summed E-state index contributed by atoms with van der Waals surface area (Å²) >= 11 is 0. The fourth-order valence-electron chi connectivity index (χ4n) is 18.3. The van der Waals surface area contributed by atoms with E-state index in [2.05, 4.69) is 350 Å². The molecule has 0 spiro atoms. The van der Waals surface area contributed by atoms with Crippen LogP contribution in [-0.4, -0.2) is 56.1 Å². The minimum absolute atomic E-state index is 0. The van der Waals surface area contributed by atoms with Crippen molar-refractivity contribution in [1.82, 2.24) is 44.0 Å². The van der Waals surface area contributed by atoms with Crippen LogP contribution in [0.1, 0.15) is 186 Å². The van der Waals surface area contributed by atoms with E-state index in [0.717, 1.165) is 55.5 Å². The van der Waals surface area contributed by atoms with Gasteiger partial charge < -0.3 is 49.5 Å². The van der Waals surface area contributed by atoms with Gasteiger partial charge in [-0.15, -0.1) is 5.56 Å². The monoisotopic (exact) mass is 1590 g/mol. The Morgan fingerprint density at radius 1 is 0.546 bits per heavy atom. The normalized spacial score (nSPS) is 20.1. The van der Waals surface area contributed by atoms with Crippen molar-refractivity contribution < 1.29 is 24.7 Å². The molecule has 15 nitrogen and oxygen atoms in total. The molecule has 0 bridgehead atoms. The van der Waals surface area contributed by atoms with Crippen LogP contribution in [0.2, 0.25) is 0 Å². The number of para-hydroxylation sites is 3. The summed E-state index contributed by atoms with van der Waals surface area (Å²) in [6.45, 7) is 21.1. The third-order valence-electron chi connectivity index (χ3n) is 23.2. The minimum atomic E-state index is 0. The summed E-state index contributed by atoms with van der Waals surface area (Å²) in [6.07, 6.45) is 37.0. The number of benzene rings is 8. The first kappa shape index (κ1) is 66.9. The van der Waals surface area contributed by atoms with E-state index in [1.807, 2.05) is 48.0 Å². The molecular formula is C92H84IrN15-. The molecule has 5 atom stereocenters. The summed E-state index contributed by atoms with van der Waals surface area (Å²) in [5.41, 5.74) is 31.3. The van der Waals surface area contributed by atoms with Crippen molar-refractivity contribution in [2.45, 2.75) is 124 Å². The first-order valence-corrected chi connectivity index (χ1v) is 37.7. The molecule has 8 aromatic carbocycles. The standard InChI is InChI=1S/C22H25N2.C20H20N2.C17H13N3.C12H10N2.C11H9N3.C10H7N3.Ir/c1-15(2)18-10-7-11-19(16(3)4)21(18)24-13-12-23-14-17-8-5-6-9-20(17)22(23)24;1-20(2,3)17-11-13-7-6-8-14-12-21-15-9-4-5-10-16(15)22(17)19(21)18(13)14;1-2-5-12(6-3-1)16-18-14-8-4-7-13-11-19-9-10-20(16)17(19)15(13)14;1-2-9-4-5-13-6-7-14-8-10(3-1)11(9)12(13)14;1-2-8-4-5-13-7-12-14-6-9(3-1)10(8)11(13)14;1-2-8-9(11-4-1)3-6-13-7-5-12-10(8)13;/h5-13,15-16H,14H2,1-4H3;4-11,19H,12H2,1-3H3;1-10,17H,11H2;1-7,12H,8H2;1-5,7,11H,6H2;1,3-7,10H;/q+1;;;;;-2;. The summed E-state index contributed by atoms with van der Waals surface area (Å²) in [7, 11) is 0. The van der Waals surface area contributed by atoms with Crippen LogP contribution in [0.5, 0.6) is 0 Å². The summed E-state index contributed by atoms with van der Waals surface area (Å²) in [5.74, 6) is 3.35. The van der Waals surface area contributed by atoms with Crippen molar-refractivity contribution >= 4 is 53.5 Å². The van der Waals surface area contributed by atoms with Crippen LogP contribution in [0.15, 0.2) is 266 Å². The van der Waals surface area contributed by atoms with E-state index < -0.39 is 0 Å². The smallest absolute Gasteiger partial charge is 0.294 e. The Morgan fingerprint density at radius 2 is 1.18 bits per heavy atom. The SMILES string of the molecule is C1=CN2C(c3ccccc3)=Nc3cccc4c3C2N1C4.C1=CN2C=CN3Cc4cccc1c4C23.C1=CN2C=NN3Cc4cccc1c4C23.CC(C)(C)C1=Cc2cccc3c2C2N(C3)c3ccccc3N12.CC(C)c1cccc(C(C)C)c1-n1cc[n+]2c1-c1ccccc1C2.[Ir].[c-]1ccnc2c1C1[N-]C=CN1C=C2. The zero-order chi connectivity index (χ0) is 71.9. The first-order valence-electron chi connectivity index (χ1n) is 37.7. The van der Waals surface area contributed by atoms with Crippen molar-refractivity contribution in [3.05, 3.63) is 362 Å². The van der Waals surface area contributed by atoms with E-state index in [1.165, 1.54) is 118 Å². The molecule has 0 fully saturated rings. The van der Waals surface area contributed by atoms with Crippen molar-refractivity contribution in [3.63, 3.8) is 0 Å². The second kappa shape index (κ2) is 26.4. The Kier molecular flexibility index (Phi) is 16.3. The van der Waals surface area contributed by atoms with Gasteiger partial charge in [-0.1, -0.05) is 206 Å². The van der Waals surface area contributed by atoms with Gasteiger partial charge >= 0.3 is 0 Å². The van der Waals surface area contributed by atoms with Crippen molar-refractivity contribution in [1.29, 1.82) is 0 Å². The van der Waals surface area contributed by atoms with E-state index in [9.17, 15) is 0 Å². The van der Waals surface area contributed by atoms with Gasteiger partial charge in [0.2, 0.25) is 0 Å². The molecule has 17 heterocycles. The number of pyridine rings is 1. The number of nitrogens with zero attached hydrogens (tertiary/aromatic N) is 15. The molecular weight excluding hydrogens is 1510 g/mol. The number of anilines is 2. The van der Waals surface area contributed by atoms with E-state index >= 15 is 0 Å². The number of aromatic nitrogens is 3. The van der Waals surface area contributed by atoms with Crippen LogP contribution in [0, 0.1) is 11.5 Å². The minimum Gasteiger partial charge on any atom is -0.668 e. The van der Waals surface area contributed by atoms with E-state index in [1.54, 1.807) is 6.20 Å². The third-order valence-corrected chi connectivity index (χ3v) is 23.2. The largest absolute Gasteiger partial charge is 0.668 e. The van der Waals surface area contributed by atoms with Gasteiger partial charge in [0.05, 0.1) is 29.2 Å². The number of allylic oxidation sites excluding steroid dienone is 1. The molecule has 16 heteroatoms. The summed E-state index contributed by atoms with van der Waals surface area (Å²) in [5, 5.41) is 10.8. The van der Waals surface area contributed by atoms with E-state index in [-0.39, 0.29) is 31.7 Å². The molecule has 0 saturated carbocycles. The number of hydrogen-bond donors (Lipinski definition) is 0. The van der Waals surface area contributed by atoms with Crippen LogP contribution < -0.4 is 14.4 Å². The maximum atomic E-state index is 4.91. The molecule has 108 heavy (non-hydrogen) atoms. The van der Waals surface area contributed by atoms with E-state index in [0.29, 0.717) is 36.5 Å². The Balaban J connectivity index is 0.0000000892. The molecule has 10 aromatic rings. The maximum Gasteiger partial charge on any atom is 0.294 e. The zero-order valence-electron chi connectivity index (χ0n) is 61.7. The van der Waals surface area contributed by atoms with Gasteiger partial charge in [-0.3, -0.25) is 5.01 Å². The fraction of sp³-hybridized carbons (Fsp3) is 0.217. The van der Waals surface area contributed by atoms with Gasteiger partial charge in [-0.2, -0.15) is 28.0 Å². The number of imidazole rings is 1. The quantitative estimate of drug-likeness (QED) is 0.125. The Hall–Kier alpha value is -11.7. The van der Waals surface area contributed by atoms with Crippen LogP contribution in [0.25, 0.3) is 46.7 Å². The van der Waals surface area contributed by atoms with Gasteiger partial charge in [0.1, 0.15) is 61.5 Å². The average Bonchev–Trinajstić information content (AvgIpc) is 1.54. The molecule has 0 saturated heterocycles. The molecule has 0 N–H and O–H groups in total. The Labute approximate surface area is 646 Å². The second-order valence-electron chi connectivity index (χ2n) is 31.2. The number of amidine groups is 1. The van der Waals surface area contributed by atoms with Crippen LogP contribution in [0.4, 0.5) is 17.1 Å². The third kappa shape index (κ3) is 10.9. The topological polar surface area (TPSA) is 89.7 Å². The summed E-state index contributed by atoms with van der Waals surface area (Å²) in [4.78, 5) is 27.8. The molecule has 1 radical (unpaired) electrons. The van der Waals surface area contributed by atoms with Crippen LogP contribution >= 0.6 is 0 Å². The van der Waals surface area contributed by atoms with Crippen molar-refractivity contribution in [2.75, 3.05) is 9.80 Å². The number of hydrazone groups is 1. The number of fused-ring (bicyclic) bond motifs is 9. The molecule has 0 amide bonds.